The van der Waals surface area contributed by atoms with Gasteiger partial charge >= 0.3 is 197 Å². The van der Waals surface area contributed by atoms with Gasteiger partial charge < -0.3 is 0 Å². The van der Waals surface area contributed by atoms with E-state index in [0.29, 0.717) is 25.6 Å². The summed E-state index contributed by atoms with van der Waals surface area (Å²) in [5, 5.41) is 1.22. The Hall–Kier alpha value is -3.53. The average molecular weight is 493 g/mol. The van der Waals surface area contributed by atoms with E-state index >= 15 is 0 Å². The molecule has 0 N–H and O–H groups in total. The Labute approximate surface area is 196 Å². The van der Waals surface area contributed by atoms with Crippen LogP contribution in [0.1, 0.15) is 37.1 Å². The third kappa shape index (κ3) is 2.86. The number of carbonyl (C=O) groups excluding carboxylic acids is 2. The number of pyridine rings is 1. The number of allylic oxidation sites excluding steroid dienone is 5. The van der Waals surface area contributed by atoms with Crippen LogP contribution in [0.15, 0.2) is 89.7 Å². The molecular formula is C28H18N2O2Se. The molecule has 3 heterocycles. The van der Waals surface area contributed by atoms with Gasteiger partial charge in [0, 0.05) is 0 Å². The van der Waals surface area contributed by atoms with E-state index in [1.54, 1.807) is 30.3 Å². The van der Waals surface area contributed by atoms with Crippen molar-refractivity contribution in [2.45, 2.75) is 19.5 Å². The van der Waals surface area contributed by atoms with E-state index in [2.05, 4.69) is 35.2 Å². The molecule has 0 fully saturated rings. The van der Waals surface area contributed by atoms with Crippen LogP contribution in [-0.2, 0) is 13.1 Å². The quantitative estimate of drug-likeness (QED) is 0.225. The fourth-order valence-electron chi connectivity index (χ4n) is 5.07. The second-order valence-electron chi connectivity index (χ2n) is 8.73. The summed E-state index contributed by atoms with van der Waals surface area (Å²) in [5.74, 6) is -0.325. The third-order valence-corrected chi connectivity index (χ3v) is 9.16. The summed E-state index contributed by atoms with van der Waals surface area (Å²) in [6.07, 6.45) is 6.71. The van der Waals surface area contributed by atoms with Crippen LogP contribution in [0.2, 0.25) is 0 Å². The van der Waals surface area contributed by atoms with Crippen molar-refractivity contribution in [2.75, 3.05) is 0 Å². The molecule has 2 aromatic heterocycles. The number of rotatable bonds is 2. The Morgan fingerprint density at radius 3 is 2.48 bits per heavy atom. The predicted octanol–water partition coefficient (Wildman–Crippen LogP) is 4.98. The number of benzene rings is 2. The third-order valence-electron chi connectivity index (χ3n) is 6.74. The van der Waals surface area contributed by atoms with Crippen LogP contribution in [0.5, 0.6) is 0 Å². The monoisotopic (exact) mass is 494 g/mol. The molecule has 0 spiro atoms. The summed E-state index contributed by atoms with van der Waals surface area (Å²) in [6, 6.07) is 17.7. The first-order valence-corrected chi connectivity index (χ1v) is 12.7. The van der Waals surface area contributed by atoms with Crippen molar-refractivity contribution >= 4 is 46.7 Å². The maximum atomic E-state index is 12.7. The molecule has 4 nitrogen and oxygen atoms in total. The summed E-state index contributed by atoms with van der Waals surface area (Å²) < 4.78 is 2.91. The van der Waals surface area contributed by atoms with Crippen LogP contribution in [0.3, 0.4) is 0 Å². The zero-order valence-corrected chi connectivity index (χ0v) is 19.4. The molecule has 5 heteroatoms. The number of nitrogens with zero attached hydrogens (tertiary/aromatic N) is 2. The first-order valence-electron chi connectivity index (χ1n) is 11.0. The molecule has 2 aliphatic carbocycles. The number of carbonyl (C=O) groups is 2. The Morgan fingerprint density at radius 1 is 0.909 bits per heavy atom. The molecule has 1 aliphatic heterocycles. The van der Waals surface area contributed by atoms with Gasteiger partial charge in [0.25, 0.3) is 0 Å². The van der Waals surface area contributed by atoms with Crippen molar-refractivity contribution in [3.8, 4) is 0 Å². The van der Waals surface area contributed by atoms with Gasteiger partial charge in [0.15, 0.2) is 0 Å². The van der Waals surface area contributed by atoms with E-state index < -0.39 is 0 Å². The molecule has 3 aliphatic rings. The van der Waals surface area contributed by atoms with Gasteiger partial charge in [0.1, 0.15) is 0 Å². The van der Waals surface area contributed by atoms with Gasteiger partial charge in [-0.3, -0.25) is 0 Å². The summed E-state index contributed by atoms with van der Waals surface area (Å²) >= 11 is 0.322. The topological polar surface area (TPSA) is 50.3 Å². The van der Waals surface area contributed by atoms with Crippen LogP contribution in [0.25, 0.3) is 20.7 Å². The molecule has 0 atom stereocenters. The van der Waals surface area contributed by atoms with Gasteiger partial charge in [-0.1, -0.05) is 0 Å². The second-order valence-corrected chi connectivity index (χ2v) is 11.1. The average Bonchev–Trinajstić information content (AvgIpc) is 3.58. The Balaban J connectivity index is 1.12. The van der Waals surface area contributed by atoms with Crippen molar-refractivity contribution in [1.29, 1.82) is 0 Å². The van der Waals surface area contributed by atoms with Gasteiger partial charge in [0.05, 0.1) is 0 Å². The molecule has 0 bridgehead atoms. The number of ketones is 2. The van der Waals surface area contributed by atoms with Crippen molar-refractivity contribution in [3.63, 3.8) is 0 Å². The zero-order valence-electron chi connectivity index (χ0n) is 17.7. The minimum absolute atomic E-state index is 0.163. The minimum atomic E-state index is -0.163. The predicted molar refractivity (Wildman–Crippen MR) is 129 cm³/mol. The van der Waals surface area contributed by atoms with E-state index in [4.69, 9.17) is 4.98 Å². The van der Waals surface area contributed by atoms with Crippen molar-refractivity contribution < 1.29 is 9.59 Å². The van der Waals surface area contributed by atoms with E-state index in [-0.39, 0.29) is 17.1 Å². The number of fused-ring (bicyclic) bond motifs is 5. The van der Waals surface area contributed by atoms with Crippen molar-refractivity contribution in [3.05, 3.63) is 111 Å². The molecule has 0 saturated heterocycles. The molecule has 0 unspecified atom stereocenters. The molecule has 0 radical (unpaired) electrons. The van der Waals surface area contributed by atoms with E-state index in [9.17, 15) is 9.59 Å². The van der Waals surface area contributed by atoms with Gasteiger partial charge in [0.2, 0.25) is 0 Å². The molecule has 4 aromatic rings. The fourth-order valence-corrected chi connectivity index (χ4v) is 7.63. The molecule has 33 heavy (non-hydrogen) atoms. The summed E-state index contributed by atoms with van der Waals surface area (Å²) in [4.78, 5) is 32.9. The van der Waals surface area contributed by atoms with Crippen LogP contribution in [-0.4, -0.2) is 36.0 Å². The summed E-state index contributed by atoms with van der Waals surface area (Å²) in [5.41, 5.74) is 7.19. The second kappa shape index (κ2) is 6.98. The molecular weight excluding hydrogens is 475 g/mol. The standard InChI is InChI=1S/C28H18N2O2Se/c31-27-19-6-2-3-7-20(19)28(32)21(27)12-16-9-10-18(11-16)30-14-22-25(15-30)33-24-13-17-5-1-4-8-23(17)29-26(22)24/h1-10,12-13H,11,14-15H2. The zero-order chi connectivity index (χ0) is 22.1. The van der Waals surface area contributed by atoms with Crippen LogP contribution in [0, 0.1) is 0 Å². The normalized spacial score (nSPS) is 17.1. The van der Waals surface area contributed by atoms with Crippen LogP contribution < -0.4 is 0 Å². The molecule has 0 saturated carbocycles. The number of hydrogen-bond acceptors (Lipinski definition) is 4. The molecule has 0 amide bonds. The number of para-hydroxylation sites is 1. The van der Waals surface area contributed by atoms with Gasteiger partial charge in [-0.05, 0) is 0 Å². The van der Waals surface area contributed by atoms with Crippen LogP contribution >= 0.6 is 0 Å². The van der Waals surface area contributed by atoms with E-state index in [0.717, 1.165) is 30.6 Å². The van der Waals surface area contributed by atoms with Gasteiger partial charge in [-0.2, -0.15) is 0 Å². The first kappa shape index (κ1) is 19.0. The van der Waals surface area contributed by atoms with E-state index in [1.165, 1.54) is 30.9 Å². The number of Topliss-reactive ketones (excluding diaryl/α,β-unsaturated/α-hetero) is 2. The van der Waals surface area contributed by atoms with Crippen molar-refractivity contribution in [2.24, 2.45) is 0 Å². The summed E-state index contributed by atoms with van der Waals surface area (Å²) in [6.45, 7) is 1.82. The molecule has 158 valence electrons. The first-order chi connectivity index (χ1) is 16.2. The molecule has 2 aromatic carbocycles. The van der Waals surface area contributed by atoms with Gasteiger partial charge in [-0.25, -0.2) is 0 Å². The van der Waals surface area contributed by atoms with Crippen LogP contribution in [0.4, 0.5) is 0 Å². The Morgan fingerprint density at radius 2 is 1.67 bits per heavy atom. The Kier molecular flexibility index (Phi) is 4.02. The Bertz CT molecular complexity index is 1600. The number of hydrogen-bond donors (Lipinski definition) is 0. The summed E-state index contributed by atoms with van der Waals surface area (Å²) in [7, 11) is 0. The SMILES string of the molecule is O=C1C(=CC2=CC=C(N3Cc4[se]c5cc6ccccc6nc5c4C3)C2)C(=O)c2ccccc21. The maximum absolute atomic E-state index is 12.7. The number of aromatic nitrogens is 1. The van der Waals surface area contributed by atoms with E-state index in [1.807, 2.05) is 12.1 Å². The van der Waals surface area contributed by atoms with Gasteiger partial charge in [-0.15, -0.1) is 0 Å². The molecule has 7 rings (SSSR count). The fraction of sp³-hybridized carbons (Fsp3) is 0.107. The van der Waals surface area contributed by atoms with Crippen molar-refractivity contribution in [1.82, 2.24) is 9.88 Å².